The standard InChI is InChI=1S/C20H22N4O3S/c1-13-9-14(2)11-16(10-13)21-19-7-8-20(23-22-19)24-28(25,26)17-5-6-18(27-4)15(3)12-17/h5-12H,1-4H3,(H,21,22)(H,23,24). The first-order chi connectivity index (χ1) is 13.3. The summed E-state index contributed by atoms with van der Waals surface area (Å²) in [5, 5.41) is 11.2. The number of rotatable bonds is 6. The van der Waals surface area contributed by atoms with Gasteiger partial charge in [0.1, 0.15) is 5.75 Å². The van der Waals surface area contributed by atoms with Gasteiger partial charge in [0.2, 0.25) is 0 Å². The van der Waals surface area contributed by atoms with Crippen LogP contribution in [0.1, 0.15) is 16.7 Å². The molecular formula is C20H22N4O3S. The third-order valence-electron chi connectivity index (χ3n) is 4.07. The van der Waals surface area contributed by atoms with Gasteiger partial charge in [-0.2, -0.15) is 0 Å². The number of nitrogens with zero attached hydrogens (tertiary/aromatic N) is 2. The largest absolute Gasteiger partial charge is 0.496 e. The fourth-order valence-electron chi connectivity index (χ4n) is 2.86. The first kappa shape index (κ1) is 19.6. The molecule has 0 saturated heterocycles. The van der Waals surface area contributed by atoms with E-state index < -0.39 is 10.0 Å². The summed E-state index contributed by atoms with van der Waals surface area (Å²) in [6, 6.07) is 14.0. The van der Waals surface area contributed by atoms with Gasteiger partial charge in [-0.3, -0.25) is 4.72 Å². The fraction of sp³-hybridized carbons (Fsp3) is 0.200. The topological polar surface area (TPSA) is 93.2 Å². The molecule has 0 saturated carbocycles. The van der Waals surface area contributed by atoms with Crippen molar-refractivity contribution in [1.29, 1.82) is 0 Å². The molecule has 8 heteroatoms. The molecule has 0 unspecified atom stereocenters. The highest BCUT2D eigenvalue weighted by Crippen LogP contribution is 2.23. The molecule has 0 aliphatic rings. The molecule has 0 bridgehead atoms. The van der Waals surface area contributed by atoms with Gasteiger partial charge < -0.3 is 10.1 Å². The van der Waals surface area contributed by atoms with Crippen LogP contribution in [0.5, 0.6) is 5.75 Å². The van der Waals surface area contributed by atoms with Crippen molar-refractivity contribution < 1.29 is 13.2 Å². The molecule has 146 valence electrons. The molecular weight excluding hydrogens is 376 g/mol. The number of benzene rings is 2. The molecule has 28 heavy (non-hydrogen) atoms. The maximum atomic E-state index is 12.6. The zero-order chi connectivity index (χ0) is 20.3. The molecule has 7 nitrogen and oxygen atoms in total. The van der Waals surface area contributed by atoms with Crippen LogP contribution in [-0.4, -0.2) is 25.7 Å². The average molecular weight is 398 g/mol. The van der Waals surface area contributed by atoms with Gasteiger partial charge in [-0.1, -0.05) is 6.07 Å². The van der Waals surface area contributed by atoms with Crippen LogP contribution in [-0.2, 0) is 10.0 Å². The number of anilines is 3. The smallest absolute Gasteiger partial charge is 0.263 e. The second-order valence-electron chi connectivity index (χ2n) is 6.54. The van der Waals surface area contributed by atoms with E-state index in [0.717, 1.165) is 22.4 Å². The maximum absolute atomic E-state index is 12.6. The van der Waals surface area contributed by atoms with E-state index in [-0.39, 0.29) is 10.7 Å². The normalized spacial score (nSPS) is 11.1. The Morgan fingerprint density at radius 2 is 1.50 bits per heavy atom. The molecule has 3 aromatic rings. The molecule has 0 fully saturated rings. The second-order valence-corrected chi connectivity index (χ2v) is 8.22. The average Bonchev–Trinajstić information content (AvgIpc) is 2.62. The lowest BCUT2D eigenvalue weighted by atomic mass is 10.1. The van der Waals surface area contributed by atoms with Crippen LogP contribution in [0.15, 0.2) is 53.4 Å². The molecule has 1 aromatic heterocycles. The Hall–Kier alpha value is -3.13. The van der Waals surface area contributed by atoms with E-state index >= 15 is 0 Å². The summed E-state index contributed by atoms with van der Waals surface area (Å²) < 4.78 is 32.7. The van der Waals surface area contributed by atoms with Crippen LogP contribution in [0.2, 0.25) is 0 Å². The summed E-state index contributed by atoms with van der Waals surface area (Å²) in [7, 11) is -2.23. The Kier molecular flexibility index (Phi) is 5.51. The summed E-state index contributed by atoms with van der Waals surface area (Å²) in [5.41, 5.74) is 3.89. The summed E-state index contributed by atoms with van der Waals surface area (Å²) in [6.07, 6.45) is 0. The molecule has 0 radical (unpaired) electrons. The number of hydrogen-bond acceptors (Lipinski definition) is 6. The molecule has 1 heterocycles. The van der Waals surface area contributed by atoms with Crippen molar-refractivity contribution in [3.8, 4) is 5.75 Å². The van der Waals surface area contributed by atoms with E-state index in [1.807, 2.05) is 26.0 Å². The Bertz CT molecular complexity index is 1080. The minimum absolute atomic E-state index is 0.130. The predicted octanol–water partition coefficient (Wildman–Crippen LogP) is 3.95. The van der Waals surface area contributed by atoms with Gasteiger partial charge in [-0.25, -0.2) is 8.42 Å². The minimum Gasteiger partial charge on any atom is -0.496 e. The number of sulfonamides is 1. The maximum Gasteiger partial charge on any atom is 0.263 e. The number of hydrogen-bond donors (Lipinski definition) is 2. The van der Waals surface area contributed by atoms with E-state index in [4.69, 9.17) is 4.74 Å². The van der Waals surface area contributed by atoms with Crippen LogP contribution in [0, 0.1) is 20.8 Å². The highest BCUT2D eigenvalue weighted by Gasteiger charge is 2.16. The number of ether oxygens (including phenoxy) is 1. The lowest BCUT2D eigenvalue weighted by Crippen LogP contribution is -2.14. The number of nitrogens with one attached hydrogen (secondary N) is 2. The number of aryl methyl sites for hydroxylation is 3. The first-order valence-corrected chi connectivity index (χ1v) is 10.1. The lowest BCUT2D eigenvalue weighted by molar-refractivity contribution is 0.411. The Morgan fingerprint density at radius 3 is 2.07 bits per heavy atom. The van der Waals surface area contributed by atoms with Crippen molar-refractivity contribution >= 4 is 27.3 Å². The molecule has 0 aliphatic heterocycles. The van der Waals surface area contributed by atoms with Crippen LogP contribution in [0.25, 0.3) is 0 Å². The van der Waals surface area contributed by atoms with Gasteiger partial charge in [0.15, 0.2) is 11.6 Å². The van der Waals surface area contributed by atoms with Gasteiger partial charge in [-0.15, -0.1) is 10.2 Å². The summed E-state index contributed by atoms with van der Waals surface area (Å²) >= 11 is 0. The summed E-state index contributed by atoms with van der Waals surface area (Å²) in [4.78, 5) is 0.130. The molecule has 2 aromatic carbocycles. The quantitative estimate of drug-likeness (QED) is 0.653. The van der Waals surface area contributed by atoms with E-state index in [1.165, 1.54) is 13.2 Å². The zero-order valence-electron chi connectivity index (χ0n) is 16.1. The van der Waals surface area contributed by atoms with Crippen LogP contribution >= 0.6 is 0 Å². The zero-order valence-corrected chi connectivity index (χ0v) is 17.0. The third-order valence-corrected chi connectivity index (χ3v) is 5.43. The second kappa shape index (κ2) is 7.85. The van der Waals surface area contributed by atoms with Crippen molar-refractivity contribution in [2.75, 3.05) is 17.1 Å². The van der Waals surface area contributed by atoms with Crippen molar-refractivity contribution in [3.05, 3.63) is 65.2 Å². The molecule has 2 N–H and O–H groups in total. The summed E-state index contributed by atoms with van der Waals surface area (Å²) in [5.74, 6) is 1.29. The molecule has 0 aliphatic carbocycles. The van der Waals surface area contributed by atoms with Gasteiger partial charge >= 0.3 is 0 Å². The van der Waals surface area contributed by atoms with Crippen LogP contribution in [0.3, 0.4) is 0 Å². The van der Waals surface area contributed by atoms with Crippen LogP contribution in [0.4, 0.5) is 17.3 Å². The molecule has 3 rings (SSSR count). The monoisotopic (exact) mass is 398 g/mol. The SMILES string of the molecule is COc1ccc(S(=O)(=O)Nc2ccc(Nc3cc(C)cc(C)c3)nn2)cc1C. The van der Waals surface area contributed by atoms with Gasteiger partial charge in [0.05, 0.1) is 12.0 Å². The minimum atomic E-state index is -3.77. The van der Waals surface area contributed by atoms with Crippen LogP contribution < -0.4 is 14.8 Å². The van der Waals surface area contributed by atoms with E-state index in [0.29, 0.717) is 11.6 Å². The van der Waals surface area contributed by atoms with Gasteiger partial charge in [-0.05, 0) is 79.9 Å². The third kappa shape index (κ3) is 4.58. The summed E-state index contributed by atoms with van der Waals surface area (Å²) in [6.45, 7) is 5.82. The van der Waals surface area contributed by atoms with E-state index in [2.05, 4.69) is 26.3 Å². The first-order valence-electron chi connectivity index (χ1n) is 8.63. The Labute approximate surface area is 164 Å². The predicted molar refractivity (Wildman–Crippen MR) is 110 cm³/mol. The van der Waals surface area contributed by atoms with Crippen molar-refractivity contribution in [2.45, 2.75) is 25.7 Å². The fourth-order valence-corrected chi connectivity index (χ4v) is 3.94. The van der Waals surface area contributed by atoms with Gasteiger partial charge in [0.25, 0.3) is 10.0 Å². The van der Waals surface area contributed by atoms with Crippen molar-refractivity contribution in [2.24, 2.45) is 0 Å². The van der Waals surface area contributed by atoms with Gasteiger partial charge in [0, 0.05) is 5.69 Å². The van der Waals surface area contributed by atoms with E-state index in [9.17, 15) is 8.42 Å². The molecule has 0 amide bonds. The van der Waals surface area contributed by atoms with Crippen molar-refractivity contribution in [1.82, 2.24) is 10.2 Å². The molecule has 0 spiro atoms. The number of aromatic nitrogens is 2. The highest BCUT2D eigenvalue weighted by atomic mass is 32.2. The lowest BCUT2D eigenvalue weighted by Gasteiger charge is -2.11. The highest BCUT2D eigenvalue weighted by molar-refractivity contribution is 7.92. The van der Waals surface area contributed by atoms with E-state index in [1.54, 1.807) is 31.2 Å². The Balaban J connectivity index is 1.75. The van der Waals surface area contributed by atoms with Crippen molar-refractivity contribution in [3.63, 3.8) is 0 Å². The number of methoxy groups -OCH3 is 1. The molecule has 0 atom stereocenters. The Morgan fingerprint density at radius 1 is 0.857 bits per heavy atom.